The van der Waals surface area contributed by atoms with Gasteiger partial charge in [0.15, 0.2) is 5.13 Å². The van der Waals surface area contributed by atoms with Crippen molar-refractivity contribution in [3.63, 3.8) is 0 Å². The smallest absolute Gasteiger partial charge is 0.245 e. The second-order valence-corrected chi connectivity index (χ2v) is 9.50. The van der Waals surface area contributed by atoms with E-state index >= 15 is 0 Å². The van der Waals surface area contributed by atoms with Crippen LogP contribution in [0.1, 0.15) is 61.3 Å². The van der Waals surface area contributed by atoms with Crippen LogP contribution in [0, 0.1) is 11.3 Å². The van der Waals surface area contributed by atoms with Crippen LogP contribution in [0.3, 0.4) is 0 Å². The predicted octanol–water partition coefficient (Wildman–Crippen LogP) is 4.17. The Morgan fingerprint density at radius 3 is 2.33 bits per heavy atom. The minimum absolute atomic E-state index is 0.0218. The van der Waals surface area contributed by atoms with Crippen molar-refractivity contribution in [1.82, 2.24) is 9.88 Å². The van der Waals surface area contributed by atoms with E-state index in [9.17, 15) is 9.59 Å². The molecule has 0 aliphatic heterocycles. The highest BCUT2D eigenvalue weighted by atomic mass is 32.1. The number of amides is 2. The number of anilines is 1. The Labute approximate surface area is 149 Å². The van der Waals surface area contributed by atoms with Gasteiger partial charge in [0.25, 0.3) is 0 Å². The highest BCUT2D eigenvalue weighted by molar-refractivity contribution is 7.13. The summed E-state index contributed by atoms with van der Waals surface area (Å²) in [5.74, 6) is 0.0922. The maximum Gasteiger partial charge on any atom is 0.245 e. The molecule has 2 amide bonds. The van der Waals surface area contributed by atoms with E-state index in [0.717, 1.165) is 6.42 Å². The van der Waals surface area contributed by atoms with Crippen LogP contribution in [0.25, 0.3) is 0 Å². The molecule has 1 aromatic rings. The molecule has 0 saturated heterocycles. The summed E-state index contributed by atoms with van der Waals surface area (Å²) >= 11 is 1.36. The Bertz CT molecular complexity index is 542. The van der Waals surface area contributed by atoms with Gasteiger partial charge in [-0.15, -0.1) is 11.3 Å². The van der Waals surface area contributed by atoms with Crippen molar-refractivity contribution in [2.45, 2.75) is 66.8 Å². The van der Waals surface area contributed by atoms with Gasteiger partial charge < -0.3 is 10.2 Å². The normalized spacial score (nSPS) is 13.5. The molecule has 5 nitrogen and oxygen atoms in total. The molecule has 1 unspecified atom stereocenters. The molecule has 0 bridgehead atoms. The van der Waals surface area contributed by atoms with Crippen LogP contribution >= 0.6 is 11.3 Å². The van der Waals surface area contributed by atoms with Gasteiger partial charge in [-0.2, -0.15) is 0 Å². The Hall–Kier alpha value is -1.43. The van der Waals surface area contributed by atoms with Gasteiger partial charge in [-0.3, -0.25) is 9.59 Å². The van der Waals surface area contributed by atoms with Crippen molar-refractivity contribution in [1.29, 1.82) is 0 Å². The van der Waals surface area contributed by atoms with Crippen molar-refractivity contribution in [2.75, 3.05) is 11.9 Å². The SMILES string of the molecule is CC(CC(=O)N(CC(=O)Nc1nccs1)C(C)(C)C)CC(C)(C)C. The second kappa shape index (κ2) is 8.10. The molecule has 0 aliphatic rings. The van der Waals surface area contributed by atoms with Crippen molar-refractivity contribution in [3.05, 3.63) is 11.6 Å². The van der Waals surface area contributed by atoms with E-state index < -0.39 is 5.54 Å². The zero-order valence-corrected chi connectivity index (χ0v) is 16.8. The highest BCUT2D eigenvalue weighted by Crippen LogP contribution is 2.27. The first-order chi connectivity index (χ1) is 10.9. The maximum absolute atomic E-state index is 12.8. The number of nitrogens with zero attached hydrogens (tertiary/aromatic N) is 2. The standard InChI is InChI=1S/C18H31N3O2S/c1-13(11-17(2,3)4)10-15(23)21(18(5,6)7)12-14(22)20-16-19-8-9-24-16/h8-9,13H,10-12H2,1-7H3,(H,19,20,22). The molecule has 136 valence electrons. The zero-order valence-electron chi connectivity index (χ0n) is 16.0. The number of rotatable bonds is 6. The van der Waals surface area contributed by atoms with Gasteiger partial charge in [-0.05, 0) is 38.5 Å². The van der Waals surface area contributed by atoms with Crippen LogP contribution in [-0.4, -0.2) is 33.8 Å². The zero-order chi connectivity index (χ0) is 18.5. The van der Waals surface area contributed by atoms with Gasteiger partial charge in [0.05, 0.1) is 0 Å². The monoisotopic (exact) mass is 353 g/mol. The molecule has 0 spiro atoms. The largest absolute Gasteiger partial charge is 0.329 e. The van der Waals surface area contributed by atoms with Gasteiger partial charge >= 0.3 is 0 Å². The van der Waals surface area contributed by atoms with E-state index in [4.69, 9.17) is 0 Å². The molecule has 1 rings (SSSR count). The van der Waals surface area contributed by atoms with Crippen LogP contribution in [0.2, 0.25) is 0 Å². The minimum Gasteiger partial charge on any atom is -0.329 e. The first-order valence-corrected chi connectivity index (χ1v) is 9.26. The Morgan fingerprint density at radius 2 is 1.88 bits per heavy atom. The van der Waals surface area contributed by atoms with Gasteiger partial charge in [-0.1, -0.05) is 27.7 Å². The highest BCUT2D eigenvalue weighted by Gasteiger charge is 2.30. The number of hydrogen-bond acceptors (Lipinski definition) is 4. The molecule has 24 heavy (non-hydrogen) atoms. The van der Waals surface area contributed by atoms with Crippen LogP contribution in [-0.2, 0) is 9.59 Å². The fourth-order valence-corrected chi connectivity index (χ4v) is 3.36. The molecule has 1 aromatic heterocycles. The number of aromatic nitrogens is 1. The number of carbonyl (C=O) groups excluding carboxylic acids is 2. The van der Waals surface area contributed by atoms with E-state index in [1.54, 1.807) is 16.5 Å². The summed E-state index contributed by atoms with van der Waals surface area (Å²) in [6.07, 6.45) is 3.07. The van der Waals surface area contributed by atoms with Gasteiger partial charge in [0, 0.05) is 23.5 Å². The average Bonchev–Trinajstić information content (AvgIpc) is 2.84. The van der Waals surface area contributed by atoms with Crippen LogP contribution < -0.4 is 5.32 Å². The summed E-state index contributed by atoms with van der Waals surface area (Å²) < 4.78 is 0. The van der Waals surface area contributed by atoms with Crippen LogP contribution in [0.5, 0.6) is 0 Å². The van der Waals surface area contributed by atoms with Gasteiger partial charge in [0.1, 0.15) is 6.54 Å². The molecule has 1 N–H and O–H groups in total. The third kappa shape index (κ3) is 7.43. The number of nitrogens with one attached hydrogen (secondary N) is 1. The Balaban J connectivity index is 2.71. The molecule has 0 saturated carbocycles. The van der Waals surface area contributed by atoms with Crippen LogP contribution in [0.15, 0.2) is 11.6 Å². The number of carbonyl (C=O) groups is 2. The third-order valence-corrected chi connectivity index (χ3v) is 4.26. The Morgan fingerprint density at radius 1 is 1.25 bits per heavy atom. The van der Waals surface area contributed by atoms with E-state index in [2.05, 4.69) is 38.0 Å². The van der Waals surface area contributed by atoms with Crippen molar-refractivity contribution >= 4 is 28.3 Å². The van der Waals surface area contributed by atoms with Crippen molar-refractivity contribution in [3.8, 4) is 0 Å². The van der Waals surface area contributed by atoms with E-state index in [1.165, 1.54) is 11.3 Å². The lowest BCUT2D eigenvalue weighted by Crippen LogP contribution is -2.49. The molecule has 0 aromatic carbocycles. The summed E-state index contributed by atoms with van der Waals surface area (Å²) in [6, 6.07) is 0. The average molecular weight is 354 g/mol. The fourth-order valence-electron chi connectivity index (χ4n) is 2.81. The lowest BCUT2D eigenvalue weighted by molar-refractivity contribution is -0.140. The summed E-state index contributed by atoms with van der Waals surface area (Å²) in [5, 5.41) is 5.11. The van der Waals surface area contributed by atoms with Crippen molar-refractivity contribution < 1.29 is 9.59 Å². The molecular weight excluding hydrogens is 322 g/mol. The number of thiazole rings is 1. The topological polar surface area (TPSA) is 62.3 Å². The molecule has 1 heterocycles. The summed E-state index contributed by atoms with van der Waals surface area (Å²) in [4.78, 5) is 30.7. The minimum atomic E-state index is -0.404. The fraction of sp³-hybridized carbons (Fsp3) is 0.722. The summed E-state index contributed by atoms with van der Waals surface area (Å²) in [5.41, 5.74) is -0.215. The predicted molar refractivity (Wildman–Crippen MR) is 100 cm³/mol. The second-order valence-electron chi connectivity index (χ2n) is 8.61. The summed E-state index contributed by atoms with van der Waals surface area (Å²) in [6.45, 7) is 14.5. The van der Waals surface area contributed by atoms with E-state index in [0.29, 0.717) is 11.6 Å². The van der Waals surface area contributed by atoms with Gasteiger partial charge in [-0.25, -0.2) is 4.98 Å². The molecule has 0 aliphatic carbocycles. The first kappa shape index (κ1) is 20.6. The summed E-state index contributed by atoms with van der Waals surface area (Å²) in [7, 11) is 0. The van der Waals surface area contributed by atoms with E-state index in [1.807, 2.05) is 20.8 Å². The quantitative estimate of drug-likeness (QED) is 0.835. The Kier molecular flexibility index (Phi) is 6.96. The van der Waals surface area contributed by atoms with Crippen LogP contribution in [0.4, 0.5) is 5.13 Å². The lowest BCUT2D eigenvalue weighted by Gasteiger charge is -2.36. The van der Waals surface area contributed by atoms with Gasteiger partial charge in [0.2, 0.25) is 11.8 Å². The maximum atomic E-state index is 12.8. The lowest BCUT2D eigenvalue weighted by atomic mass is 9.84. The third-order valence-electron chi connectivity index (χ3n) is 3.58. The molecule has 0 fully saturated rings. The van der Waals surface area contributed by atoms with E-state index in [-0.39, 0.29) is 29.7 Å². The molecule has 6 heteroatoms. The number of hydrogen-bond donors (Lipinski definition) is 1. The molecule has 0 radical (unpaired) electrons. The molecule has 1 atom stereocenters. The molecular formula is C18H31N3O2S. The van der Waals surface area contributed by atoms with Crippen molar-refractivity contribution in [2.24, 2.45) is 11.3 Å². The first-order valence-electron chi connectivity index (χ1n) is 8.38.